The summed E-state index contributed by atoms with van der Waals surface area (Å²) >= 11 is 0. The minimum atomic E-state index is -0.307. The first-order chi connectivity index (χ1) is 45.9. The van der Waals surface area contributed by atoms with Gasteiger partial charge < -0.3 is 9.47 Å². The maximum Gasteiger partial charge on any atom is 0.160 e. The first-order valence-electron chi connectivity index (χ1n) is 31.8. The molecule has 0 N–H and O–H groups in total. The van der Waals surface area contributed by atoms with Crippen LogP contribution in [0.25, 0.3) is 149 Å². The lowest BCUT2D eigenvalue weighted by atomic mass is 9.81. The van der Waals surface area contributed by atoms with Crippen LogP contribution in [0.5, 0.6) is 0 Å². The lowest BCUT2D eigenvalue weighted by Gasteiger charge is -2.28. The molecule has 0 unspecified atom stereocenters. The second-order valence-corrected chi connectivity index (χ2v) is 25.0. The zero-order valence-corrected chi connectivity index (χ0v) is 51.2. The van der Waals surface area contributed by atoms with E-state index in [0.29, 0.717) is 5.82 Å². The number of rotatable bonds is 10. The van der Waals surface area contributed by atoms with Crippen LogP contribution in [-0.2, 0) is 5.41 Å². The first kappa shape index (κ1) is 53.9. The van der Waals surface area contributed by atoms with Gasteiger partial charge in [0, 0.05) is 85.9 Å². The monoisotopic (exact) mass is 1190 g/mol. The van der Waals surface area contributed by atoms with E-state index in [4.69, 9.17) is 9.97 Å². The third-order valence-electron chi connectivity index (χ3n) is 19.3. The second kappa shape index (κ2) is 21.5. The van der Waals surface area contributed by atoms with Gasteiger partial charge in [-0.15, -0.1) is 0 Å². The minimum Gasteiger partial charge on any atom is -0.310 e. The standard InChI is InChI=1S/C87H58N6/c1-87(2)78-38-37-73-76-51-63(60-28-29-62-49-67(36-32-61(62)48-60)92(65-34-30-56(31-35-65)55-16-5-3-6-17-55)82-27-14-13-22-68(82)57-18-7-4-8-19-57)33-39-83(76)93(85(73)84(78)77-52-74-71-25-11-9-23-69(71)70-24-10-12-26-72(70)75(74)53-79(77)87)66-21-15-20-64(50-66)86-90-80(58-40-44-88-45-41-58)54-81(91-86)59-42-46-89-47-43-59/h3-54H,1-2H3. The van der Waals surface area contributed by atoms with Gasteiger partial charge in [0.05, 0.1) is 28.1 Å². The van der Waals surface area contributed by atoms with Crippen molar-refractivity contribution in [1.82, 2.24) is 24.5 Å². The van der Waals surface area contributed by atoms with Crippen molar-refractivity contribution in [3.63, 3.8) is 0 Å². The molecule has 1 aliphatic carbocycles. The minimum absolute atomic E-state index is 0.307. The Morgan fingerprint density at radius 1 is 0.323 bits per heavy atom. The van der Waals surface area contributed by atoms with Crippen molar-refractivity contribution in [3.05, 3.63) is 327 Å². The van der Waals surface area contributed by atoms with Crippen LogP contribution >= 0.6 is 0 Å². The zero-order valence-electron chi connectivity index (χ0n) is 51.2. The molecule has 4 heterocycles. The van der Waals surface area contributed by atoms with E-state index in [1.165, 1.54) is 87.6 Å². The quantitative estimate of drug-likeness (QED) is 0.128. The van der Waals surface area contributed by atoms with Crippen molar-refractivity contribution in [3.8, 4) is 84.1 Å². The van der Waals surface area contributed by atoms with Crippen molar-refractivity contribution in [2.24, 2.45) is 0 Å². The molecular formula is C87H58N6. The Labute approximate surface area is 538 Å². The van der Waals surface area contributed by atoms with Gasteiger partial charge in [-0.2, -0.15) is 0 Å². The van der Waals surface area contributed by atoms with Gasteiger partial charge in [0.2, 0.25) is 0 Å². The van der Waals surface area contributed by atoms with E-state index in [2.05, 4.69) is 300 Å². The summed E-state index contributed by atoms with van der Waals surface area (Å²) in [7, 11) is 0. The largest absolute Gasteiger partial charge is 0.310 e. The summed E-state index contributed by atoms with van der Waals surface area (Å²) < 4.78 is 2.51. The SMILES string of the molecule is CC1(C)c2cc3c4ccccc4c4ccccc4c3cc2-c2c1ccc1c3cc(-c4ccc5cc(N(c6ccc(-c7ccccc7)cc6)c6ccccc6-c6ccccc6)ccc5c4)ccc3n(-c3cccc(-c4nc(-c5ccncc5)cc(-c5ccncc5)n4)c3)c21. The van der Waals surface area contributed by atoms with E-state index in [1.54, 1.807) is 0 Å². The Bertz CT molecular complexity index is 5760. The Morgan fingerprint density at radius 2 is 0.871 bits per heavy atom. The van der Waals surface area contributed by atoms with E-state index in [0.717, 1.165) is 83.8 Å². The molecule has 93 heavy (non-hydrogen) atoms. The van der Waals surface area contributed by atoms with E-state index < -0.39 is 0 Å². The van der Waals surface area contributed by atoms with Crippen molar-refractivity contribution >= 4 is 82.0 Å². The zero-order chi connectivity index (χ0) is 61.7. The molecule has 6 heteroatoms. The highest BCUT2D eigenvalue weighted by atomic mass is 15.1. The topological polar surface area (TPSA) is 59.7 Å². The van der Waals surface area contributed by atoms with Gasteiger partial charge in [0.25, 0.3) is 0 Å². The highest BCUT2D eigenvalue weighted by molar-refractivity contribution is 6.27. The molecule has 0 bridgehead atoms. The highest BCUT2D eigenvalue weighted by Crippen LogP contribution is 2.55. The van der Waals surface area contributed by atoms with E-state index in [9.17, 15) is 0 Å². The van der Waals surface area contributed by atoms with Crippen LogP contribution < -0.4 is 4.90 Å². The Hall–Kier alpha value is -12.1. The molecule has 0 aliphatic heterocycles. The van der Waals surface area contributed by atoms with Crippen LogP contribution in [0, 0.1) is 0 Å². The normalized spacial score (nSPS) is 12.5. The highest BCUT2D eigenvalue weighted by Gasteiger charge is 2.39. The number of para-hydroxylation sites is 1. The number of anilines is 3. The van der Waals surface area contributed by atoms with E-state index >= 15 is 0 Å². The van der Waals surface area contributed by atoms with Crippen LogP contribution in [0.15, 0.2) is 316 Å². The van der Waals surface area contributed by atoms with Crippen LogP contribution in [0.4, 0.5) is 17.1 Å². The number of nitrogens with zero attached hydrogens (tertiary/aromatic N) is 6. The average molecular weight is 1190 g/mol. The lowest BCUT2D eigenvalue weighted by molar-refractivity contribution is 0.661. The van der Waals surface area contributed by atoms with E-state index in [1.807, 2.05) is 49.1 Å². The molecule has 18 rings (SSSR count). The van der Waals surface area contributed by atoms with Crippen LogP contribution in [-0.4, -0.2) is 24.5 Å². The number of fused-ring (bicyclic) bond motifs is 14. The number of aromatic nitrogens is 5. The lowest BCUT2D eigenvalue weighted by Crippen LogP contribution is -2.15. The van der Waals surface area contributed by atoms with Crippen LogP contribution in [0.1, 0.15) is 25.0 Å². The smallest absolute Gasteiger partial charge is 0.160 e. The van der Waals surface area contributed by atoms with Gasteiger partial charge in [0.15, 0.2) is 5.82 Å². The fourth-order valence-electron chi connectivity index (χ4n) is 14.8. The molecule has 0 saturated carbocycles. The van der Waals surface area contributed by atoms with Gasteiger partial charge in [-0.1, -0.05) is 202 Å². The predicted molar refractivity (Wildman–Crippen MR) is 387 cm³/mol. The molecule has 436 valence electrons. The summed E-state index contributed by atoms with van der Waals surface area (Å²) in [5, 5.41) is 12.3. The predicted octanol–water partition coefficient (Wildman–Crippen LogP) is 22.8. The molecule has 13 aromatic carbocycles. The van der Waals surface area contributed by atoms with Crippen molar-refractivity contribution < 1.29 is 0 Å². The maximum atomic E-state index is 5.30. The average Bonchev–Trinajstić information content (AvgIpc) is 1.55. The number of hydrogen-bond donors (Lipinski definition) is 0. The van der Waals surface area contributed by atoms with Gasteiger partial charge in [-0.3, -0.25) is 9.97 Å². The first-order valence-corrected chi connectivity index (χ1v) is 31.8. The molecule has 0 fully saturated rings. The Balaban J connectivity index is 0.815. The van der Waals surface area contributed by atoms with Crippen molar-refractivity contribution in [2.45, 2.75) is 19.3 Å². The van der Waals surface area contributed by atoms with Gasteiger partial charge >= 0.3 is 0 Å². The summed E-state index contributed by atoms with van der Waals surface area (Å²) in [5.74, 6) is 0.633. The molecular weight excluding hydrogens is 1130 g/mol. The van der Waals surface area contributed by atoms with Crippen LogP contribution in [0.2, 0.25) is 0 Å². The Kier molecular flexibility index (Phi) is 12.5. The molecule has 17 aromatic rings. The van der Waals surface area contributed by atoms with Crippen molar-refractivity contribution in [1.29, 1.82) is 0 Å². The third kappa shape index (κ3) is 8.93. The van der Waals surface area contributed by atoms with Gasteiger partial charge in [-0.05, 0) is 191 Å². The van der Waals surface area contributed by atoms with Crippen LogP contribution in [0.3, 0.4) is 0 Å². The number of hydrogen-bond acceptors (Lipinski definition) is 5. The molecule has 1 aliphatic rings. The number of pyridine rings is 2. The fraction of sp³-hybridized carbons (Fsp3) is 0.0345. The van der Waals surface area contributed by atoms with Gasteiger partial charge in [0.1, 0.15) is 0 Å². The van der Waals surface area contributed by atoms with E-state index in [-0.39, 0.29) is 5.41 Å². The molecule has 0 spiro atoms. The van der Waals surface area contributed by atoms with Crippen molar-refractivity contribution in [2.75, 3.05) is 4.90 Å². The fourth-order valence-corrected chi connectivity index (χ4v) is 14.8. The summed E-state index contributed by atoms with van der Waals surface area (Å²) in [6, 6.07) is 106. The summed E-state index contributed by atoms with van der Waals surface area (Å²) in [4.78, 5) is 21.7. The molecule has 4 aromatic heterocycles. The maximum absolute atomic E-state index is 5.30. The van der Waals surface area contributed by atoms with Gasteiger partial charge in [-0.25, -0.2) is 9.97 Å². The molecule has 0 saturated heterocycles. The Morgan fingerprint density at radius 3 is 1.57 bits per heavy atom. The summed E-state index contributed by atoms with van der Waals surface area (Å²) in [5.41, 5.74) is 22.9. The molecule has 0 radical (unpaired) electrons. The number of benzene rings is 13. The summed E-state index contributed by atoms with van der Waals surface area (Å²) in [6.45, 7) is 4.82. The third-order valence-corrected chi connectivity index (χ3v) is 19.3. The second-order valence-electron chi connectivity index (χ2n) is 25.0. The molecule has 0 amide bonds. The summed E-state index contributed by atoms with van der Waals surface area (Å²) in [6.07, 6.45) is 7.25. The molecule has 0 atom stereocenters. The molecule has 6 nitrogen and oxygen atoms in total.